The highest BCUT2D eigenvalue weighted by atomic mass is 16.1. The van der Waals surface area contributed by atoms with Crippen LogP contribution in [0.3, 0.4) is 0 Å². The second-order valence-electron chi connectivity index (χ2n) is 9.78. The second kappa shape index (κ2) is 9.59. The maximum atomic E-state index is 13.7. The van der Waals surface area contributed by atoms with Gasteiger partial charge in [-0.05, 0) is 57.7 Å². The first kappa shape index (κ1) is 23.2. The molecule has 2 fully saturated rings. The fraction of sp³-hybridized carbons (Fsp3) is 0.444. The van der Waals surface area contributed by atoms with Crippen molar-refractivity contribution in [2.45, 2.75) is 58.0 Å². The molecule has 35 heavy (non-hydrogen) atoms. The molecule has 2 aliphatic rings. The SMILES string of the molecule is Cc1cc2c(N3CCN[C@@H](C)CC3)c(C(=O)N[C@@H](C)c3cncc(C#N)c3)cnc2c(C2CC2)n1. The number of nitrogens with one attached hydrogen (secondary N) is 2. The van der Waals surface area contributed by atoms with Gasteiger partial charge in [-0.2, -0.15) is 5.26 Å². The van der Waals surface area contributed by atoms with Gasteiger partial charge in [0.1, 0.15) is 6.07 Å². The third-order valence-electron chi connectivity index (χ3n) is 6.95. The molecule has 8 nitrogen and oxygen atoms in total. The first-order chi connectivity index (χ1) is 16.9. The number of hydrogen-bond donors (Lipinski definition) is 2. The zero-order valence-electron chi connectivity index (χ0n) is 20.5. The number of rotatable bonds is 5. The molecule has 4 heterocycles. The van der Waals surface area contributed by atoms with Gasteiger partial charge in [0, 0.05) is 61.3 Å². The van der Waals surface area contributed by atoms with Crippen molar-refractivity contribution < 1.29 is 4.79 Å². The van der Waals surface area contributed by atoms with E-state index >= 15 is 0 Å². The maximum Gasteiger partial charge on any atom is 0.255 e. The Labute approximate surface area is 205 Å². The second-order valence-corrected chi connectivity index (χ2v) is 9.78. The maximum absolute atomic E-state index is 13.7. The largest absolute Gasteiger partial charge is 0.369 e. The smallest absolute Gasteiger partial charge is 0.255 e. The molecule has 2 atom stereocenters. The number of carbonyl (C=O) groups is 1. The third-order valence-corrected chi connectivity index (χ3v) is 6.95. The van der Waals surface area contributed by atoms with Gasteiger partial charge in [0.15, 0.2) is 0 Å². The van der Waals surface area contributed by atoms with Gasteiger partial charge in [0.05, 0.1) is 34.1 Å². The van der Waals surface area contributed by atoms with Crippen molar-refractivity contribution in [3.63, 3.8) is 0 Å². The number of nitriles is 1. The number of pyridine rings is 3. The van der Waals surface area contributed by atoms with Gasteiger partial charge in [-0.15, -0.1) is 0 Å². The normalized spacial score (nSPS) is 19.1. The first-order valence-electron chi connectivity index (χ1n) is 12.4. The number of nitrogens with zero attached hydrogens (tertiary/aromatic N) is 5. The number of amides is 1. The molecule has 0 unspecified atom stereocenters. The van der Waals surface area contributed by atoms with Crippen molar-refractivity contribution >= 4 is 22.5 Å². The summed E-state index contributed by atoms with van der Waals surface area (Å²) in [6.07, 6.45) is 8.20. The first-order valence-corrected chi connectivity index (χ1v) is 12.4. The number of anilines is 1. The molecule has 0 aromatic carbocycles. The molecule has 0 spiro atoms. The van der Waals surface area contributed by atoms with Gasteiger partial charge in [-0.25, -0.2) is 0 Å². The minimum Gasteiger partial charge on any atom is -0.369 e. The van der Waals surface area contributed by atoms with Crippen molar-refractivity contribution in [2.24, 2.45) is 0 Å². The summed E-state index contributed by atoms with van der Waals surface area (Å²) in [5.74, 6) is 0.278. The van der Waals surface area contributed by atoms with Crippen LogP contribution in [0.5, 0.6) is 0 Å². The Morgan fingerprint density at radius 3 is 2.83 bits per heavy atom. The number of carbonyl (C=O) groups excluding carboxylic acids is 1. The van der Waals surface area contributed by atoms with E-state index in [0.29, 0.717) is 23.1 Å². The molecular weight excluding hydrogens is 438 g/mol. The van der Waals surface area contributed by atoms with Gasteiger partial charge in [-0.3, -0.25) is 19.7 Å². The molecule has 2 N–H and O–H groups in total. The van der Waals surface area contributed by atoms with E-state index in [1.54, 1.807) is 18.5 Å². The van der Waals surface area contributed by atoms with E-state index in [4.69, 9.17) is 9.97 Å². The van der Waals surface area contributed by atoms with E-state index in [0.717, 1.165) is 72.4 Å². The minimum absolute atomic E-state index is 0.183. The number of hydrogen-bond acceptors (Lipinski definition) is 7. The van der Waals surface area contributed by atoms with Gasteiger partial charge < -0.3 is 15.5 Å². The molecule has 1 saturated carbocycles. The van der Waals surface area contributed by atoms with Crippen LogP contribution in [-0.2, 0) is 0 Å². The summed E-state index contributed by atoms with van der Waals surface area (Å²) >= 11 is 0. The molecule has 8 heteroatoms. The summed E-state index contributed by atoms with van der Waals surface area (Å²) in [5.41, 5.74) is 5.68. The average molecular weight is 470 g/mol. The molecule has 1 saturated heterocycles. The fourth-order valence-corrected chi connectivity index (χ4v) is 4.84. The lowest BCUT2D eigenvalue weighted by molar-refractivity contribution is 0.0940. The fourth-order valence-electron chi connectivity index (χ4n) is 4.84. The van der Waals surface area contributed by atoms with Crippen molar-refractivity contribution in [3.8, 4) is 6.07 Å². The van der Waals surface area contributed by atoms with E-state index in [9.17, 15) is 10.1 Å². The van der Waals surface area contributed by atoms with Crippen LogP contribution in [0.2, 0.25) is 0 Å². The van der Waals surface area contributed by atoms with E-state index < -0.39 is 0 Å². The molecule has 180 valence electrons. The minimum atomic E-state index is -0.307. The van der Waals surface area contributed by atoms with E-state index in [1.807, 2.05) is 13.8 Å². The Bertz CT molecular complexity index is 1310. The van der Waals surface area contributed by atoms with Gasteiger partial charge in [0.25, 0.3) is 5.91 Å². The predicted octanol–water partition coefficient (Wildman–Crippen LogP) is 3.76. The van der Waals surface area contributed by atoms with Crippen molar-refractivity contribution in [2.75, 3.05) is 24.5 Å². The Kier molecular flexibility index (Phi) is 6.35. The van der Waals surface area contributed by atoms with Crippen LogP contribution in [0.25, 0.3) is 10.9 Å². The molecule has 1 aliphatic carbocycles. The Morgan fingerprint density at radius 1 is 1.23 bits per heavy atom. The van der Waals surface area contributed by atoms with Crippen molar-refractivity contribution in [1.29, 1.82) is 5.26 Å². The van der Waals surface area contributed by atoms with E-state index in [1.165, 1.54) is 6.20 Å². The van der Waals surface area contributed by atoms with Gasteiger partial charge in [-0.1, -0.05) is 0 Å². The van der Waals surface area contributed by atoms with Crippen LogP contribution >= 0.6 is 0 Å². The standard InChI is InChI=1S/C27H31N7O/c1-16-6-8-34(9-7-30-16)26-22-10-17(2)32-24(20-4-5-20)25(22)31-15-23(26)27(35)33-18(3)21-11-19(12-28)13-29-14-21/h10-11,13-16,18,20,30H,4-9H2,1-3H3,(H,33,35)/t16-,18-/m0/s1. The Balaban J connectivity index is 1.57. The lowest BCUT2D eigenvalue weighted by atomic mass is 10.0. The van der Waals surface area contributed by atoms with Gasteiger partial charge in [0.2, 0.25) is 0 Å². The Morgan fingerprint density at radius 2 is 2.06 bits per heavy atom. The highest BCUT2D eigenvalue weighted by molar-refractivity contribution is 6.08. The number of aromatic nitrogens is 3. The van der Waals surface area contributed by atoms with Crippen LogP contribution in [0, 0.1) is 18.3 Å². The van der Waals surface area contributed by atoms with Crippen LogP contribution in [0.4, 0.5) is 5.69 Å². The monoisotopic (exact) mass is 469 g/mol. The topological polar surface area (TPSA) is 107 Å². The number of aryl methyl sites for hydroxylation is 1. The summed E-state index contributed by atoms with van der Waals surface area (Å²) in [4.78, 5) is 29.7. The molecule has 3 aromatic rings. The predicted molar refractivity (Wildman–Crippen MR) is 135 cm³/mol. The molecule has 0 bridgehead atoms. The zero-order valence-corrected chi connectivity index (χ0v) is 20.5. The highest BCUT2D eigenvalue weighted by Gasteiger charge is 2.30. The Hall–Kier alpha value is -3.57. The van der Waals surface area contributed by atoms with Crippen LogP contribution in [0.15, 0.2) is 30.7 Å². The van der Waals surface area contributed by atoms with Crippen LogP contribution in [0.1, 0.15) is 77.9 Å². The summed E-state index contributed by atoms with van der Waals surface area (Å²) in [7, 11) is 0. The van der Waals surface area contributed by atoms with E-state index in [2.05, 4.69) is 39.6 Å². The lowest BCUT2D eigenvalue weighted by Gasteiger charge is -2.27. The molecule has 1 amide bonds. The van der Waals surface area contributed by atoms with Crippen LogP contribution in [-0.4, -0.2) is 46.5 Å². The summed E-state index contributed by atoms with van der Waals surface area (Å²) < 4.78 is 0. The zero-order chi connectivity index (χ0) is 24.5. The summed E-state index contributed by atoms with van der Waals surface area (Å²) in [6, 6.07) is 6.07. The third kappa shape index (κ3) is 4.82. The van der Waals surface area contributed by atoms with Crippen LogP contribution < -0.4 is 15.5 Å². The summed E-state index contributed by atoms with van der Waals surface area (Å²) in [5, 5.41) is 16.9. The molecule has 1 aliphatic heterocycles. The molecular formula is C27H31N7O. The van der Waals surface area contributed by atoms with Crippen molar-refractivity contribution in [3.05, 3.63) is 58.8 Å². The molecule has 0 radical (unpaired) electrons. The highest BCUT2D eigenvalue weighted by Crippen LogP contribution is 2.43. The number of fused-ring (bicyclic) bond motifs is 1. The molecule has 5 rings (SSSR count). The van der Waals surface area contributed by atoms with Crippen molar-refractivity contribution in [1.82, 2.24) is 25.6 Å². The van der Waals surface area contributed by atoms with Gasteiger partial charge >= 0.3 is 0 Å². The summed E-state index contributed by atoms with van der Waals surface area (Å²) in [6.45, 7) is 8.65. The lowest BCUT2D eigenvalue weighted by Crippen LogP contribution is -2.33. The average Bonchev–Trinajstić information content (AvgIpc) is 3.71. The molecule has 3 aromatic heterocycles. The van der Waals surface area contributed by atoms with E-state index in [-0.39, 0.29) is 11.9 Å². The quantitative estimate of drug-likeness (QED) is 0.586.